The summed E-state index contributed by atoms with van der Waals surface area (Å²) < 4.78 is 6.59. The second-order valence-corrected chi connectivity index (χ2v) is 4.51. The molecule has 0 aromatic carbocycles. The molecule has 1 rings (SSSR count). The Balaban J connectivity index is 3.10. The van der Waals surface area contributed by atoms with Crippen molar-refractivity contribution in [2.24, 2.45) is 0 Å². The van der Waals surface area contributed by atoms with Gasteiger partial charge in [-0.15, -0.1) is 0 Å². The lowest BCUT2D eigenvalue weighted by Gasteiger charge is -2.26. The van der Waals surface area contributed by atoms with Gasteiger partial charge in [0.1, 0.15) is 11.4 Å². The average molecular weight is 288 g/mol. The van der Waals surface area contributed by atoms with Crippen molar-refractivity contribution in [2.45, 2.75) is 32.8 Å². The molecule has 0 aliphatic rings. The molecule has 0 fully saturated rings. The molecule has 4 nitrogen and oxygen atoms in total. The molecule has 0 saturated heterocycles. The summed E-state index contributed by atoms with van der Waals surface area (Å²) in [5.41, 5.74) is -0.416. The molecule has 0 amide bonds. The van der Waals surface area contributed by atoms with Gasteiger partial charge in [0, 0.05) is 19.9 Å². The molecule has 1 atom stereocenters. The number of nitrogens with one attached hydrogen (secondary N) is 1. The van der Waals surface area contributed by atoms with Crippen LogP contribution in [0.5, 0.6) is 0 Å². The number of ether oxygens (including phenoxy) is 1. The standard InChI is InChI=1S/C11H18BrN3O/c1-5-11(3,16-6-2)10-14-7-8(12)9(13-4)15-10/h7H,5-6H2,1-4H3,(H,13,14,15). The van der Waals surface area contributed by atoms with Crippen molar-refractivity contribution in [3.05, 3.63) is 16.5 Å². The van der Waals surface area contributed by atoms with E-state index in [0.29, 0.717) is 12.4 Å². The molecule has 1 unspecified atom stereocenters. The predicted molar refractivity (Wildman–Crippen MR) is 68.5 cm³/mol. The van der Waals surface area contributed by atoms with E-state index in [-0.39, 0.29) is 0 Å². The van der Waals surface area contributed by atoms with Gasteiger partial charge in [-0.3, -0.25) is 0 Å². The largest absolute Gasteiger partial charge is 0.372 e. The van der Waals surface area contributed by atoms with Crippen LogP contribution in [0, 0.1) is 0 Å². The molecule has 1 aromatic heterocycles. The third-order valence-electron chi connectivity index (χ3n) is 2.59. The van der Waals surface area contributed by atoms with Gasteiger partial charge in [0.2, 0.25) is 0 Å². The molecule has 0 aliphatic carbocycles. The van der Waals surface area contributed by atoms with Crippen molar-refractivity contribution >= 4 is 21.7 Å². The summed E-state index contributed by atoms with van der Waals surface area (Å²) in [4.78, 5) is 8.78. The highest BCUT2D eigenvalue weighted by molar-refractivity contribution is 9.10. The van der Waals surface area contributed by atoms with Crippen LogP contribution in [0.3, 0.4) is 0 Å². The van der Waals surface area contributed by atoms with E-state index in [1.54, 1.807) is 6.20 Å². The molecule has 0 aliphatic heterocycles. The molecule has 0 radical (unpaired) electrons. The molecule has 1 heterocycles. The van der Waals surface area contributed by atoms with E-state index in [9.17, 15) is 0 Å². The second-order valence-electron chi connectivity index (χ2n) is 3.66. The quantitative estimate of drug-likeness (QED) is 0.905. The summed E-state index contributed by atoms with van der Waals surface area (Å²) >= 11 is 3.39. The average Bonchev–Trinajstić information content (AvgIpc) is 2.29. The summed E-state index contributed by atoms with van der Waals surface area (Å²) in [5, 5.41) is 3.02. The number of hydrogen-bond donors (Lipinski definition) is 1. The highest BCUT2D eigenvalue weighted by atomic mass is 79.9. The molecule has 1 N–H and O–H groups in total. The van der Waals surface area contributed by atoms with E-state index in [4.69, 9.17) is 4.74 Å². The van der Waals surface area contributed by atoms with Gasteiger partial charge < -0.3 is 10.1 Å². The van der Waals surface area contributed by atoms with Crippen LogP contribution in [0.4, 0.5) is 5.82 Å². The summed E-state index contributed by atoms with van der Waals surface area (Å²) in [6.45, 7) is 6.71. The fourth-order valence-electron chi connectivity index (χ4n) is 1.44. The minimum absolute atomic E-state index is 0.416. The Morgan fingerprint density at radius 1 is 1.50 bits per heavy atom. The highest BCUT2D eigenvalue weighted by Crippen LogP contribution is 2.28. The van der Waals surface area contributed by atoms with Crippen LogP contribution in [0.25, 0.3) is 0 Å². The van der Waals surface area contributed by atoms with Crippen molar-refractivity contribution in [3.63, 3.8) is 0 Å². The van der Waals surface area contributed by atoms with Gasteiger partial charge in [-0.2, -0.15) is 0 Å². The van der Waals surface area contributed by atoms with Crippen LogP contribution >= 0.6 is 15.9 Å². The van der Waals surface area contributed by atoms with E-state index in [0.717, 1.165) is 16.7 Å². The molecule has 5 heteroatoms. The van der Waals surface area contributed by atoms with Gasteiger partial charge in [0.15, 0.2) is 5.82 Å². The maximum absolute atomic E-state index is 5.74. The fourth-order valence-corrected chi connectivity index (χ4v) is 1.83. The zero-order valence-corrected chi connectivity index (χ0v) is 11.8. The van der Waals surface area contributed by atoms with Crippen LogP contribution in [0.2, 0.25) is 0 Å². The summed E-state index contributed by atoms with van der Waals surface area (Å²) in [6, 6.07) is 0. The molecule has 1 aromatic rings. The fraction of sp³-hybridized carbons (Fsp3) is 0.636. The van der Waals surface area contributed by atoms with E-state index in [1.807, 2.05) is 20.9 Å². The van der Waals surface area contributed by atoms with E-state index < -0.39 is 5.60 Å². The molecular weight excluding hydrogens is 270 g/mol. The topological polar surface area (TPSA) is 47.0 Å². The first-order valence-corrected chi connectivity index (χ1v) is 6.21. The lowest BCUT2D eigenvalue weighted by atomic mass is 10.0. The molecule has 90 valence electrons. The van der Waals surface area contributed by atoms with Crippen LogP contribution < -0.4 is 5.32 Å². The van der Waals surface area contributed by atoms with Crippen molar-refractivity contribution in [1.29, 1.82) is 0 Å². The van der Waals surface area contributed by atoms with Gasteiger partial charge in [-0.05, 0) is 36.2 Å². The third kappa shape index (κ3) is 2.71. The summed E-state index contributed by atoms with van der Waals surface area (Å²) in [6.07, 6.45) is 2.59. The Morgan fingerprint density at radius 3 is 2.69 bits per heavy atom. The summed E-state index contributed by atoms with van der Waals surface area (Å²) in [7, 11) is 1.83. The number of halogens is 1. The number of hydrogen-bond acceptors (Lipinski definition) is 4. The van der Waals surface area contributed by atoms with Crippen molar-refractivity contribution < 1.29 is 4.74 Å². The number of anilines is 1. The van der Waals surface area contributed by atoms with Crippen molar-refractivity contribution in [1.82, 2.24) is 9.97 Å². The van der Waals surface area contributed by atoms with Gasteiger partial charge in [-0.1, -0.05) is 6.92 Å². The van der Waals surface area contributed by atoms with Crippen LogP contribution in [-0.4, -0.2) is 23.6 Å². The molecular formula is C11H18BrN3O. The van der Waals surface area contributed by atoms with Gasteiger partial charge >= 0.3 is 0 Å². The molecule has 0 bridgehead atoms. The molecule has 0 saturated carbocycles. The van der Waals surface area contributed by atoms with Crippen molar-refractivity contribution in [2.75, 3.05) is 19.0 Å². The zero-order valence-electron chi connectivity index (χ0n) is 10.2. The third-order valence-corrected chi connectivity index (χ3v) is 3.17. The number of nitrogens with zero attached hydrogens (tertiary/aromatic N) is 2. The monoisotopic (exact) mass is 287 g/mol. The van der Waals surface area contributed by atoms with E-state index in [1.165, 1.54) is 0 Å². The Morgan fingerprint density at radius 2 is 2.19 bits per heavy atom. The lowest BCUT2D eigenvalue weighted by Crippen LogP contribution is -2.28. The highest BCUT2D eigenvalue weighted by Gasteiger charge is 2.28. The van der Waals surface area contributed by atoms with E-state index >= 15 is 0 Å². The van der Waals surface area contributed by atoms with Gasteiger partial charge in [-0.25, -0.2) is 9.97 Å². The normalized spacial score (nSPS) is 14.6. The van der Waals surface area contributed by atoms with Crippen LogP contribution in [0.15, 0.2) is 10.7 Å². The van der Waals surface area contributed by atoms with Gasteiger partial charge in [0.25, 0.3) is 0 Å². The summed E-state index contributed by atoms with van der Waals surface area (Å²) in [5.74, 6) is 1.49. The zero-order chi connectivity index (χ0) is 12.2. The lowest BCUT2D eigenvalue weighted by molar-refractivity contribution is -0.0389. The Labute approximate surface area is 105 Å². The SMILES string of the molecule is CCOC(C)(CC)c1ncc(Br)c(NC)n1. The first-order chi connectivity index (χ1) is 7.57. The maximum Gasteiger partial charge on any atom is 0.162 e. The molecule has 0 spiro atoms. The number of aromatic nitrogens is 2. The smallest absolute Gasteiger partial charge is 0.162 e. The first-order valence-electron chi connectivity index (χ1n) is 5.42. The van der Waals surface area contributed by atoms with E-state index in [2.05, 4.69) is 38.1 Å². The minimum Gasteiger partial charge on any atom is -0.372 e. The number of rotatable bonds is 5. The van der Waals surface area contributed by atoms with Crippen LogP contribution in [-0.2, 0) is 10.3 Å². The Kier molecular flexibility index (Phi) is 4.68. The predicted octanol–water partition coefficient (Wildman–Crippen LogP) is 2.94. The molecule has 16 heavy (non-hydrogen) atoms. The Bertz CT molecular complexity index is 359. The van der Waals surface area contributed by atoms with Crippen LogP contribution in [0.1, 0.15) is 33.0 Å². The van der Waals surface area contributed by atoms with Gasteiger partial charge in [0.05, 0.1) is 4.47 Å². The maximum atomic E-state index is 5.74. The second kappa shape index (κ2) is 5.59. The Hall–Kier alpha value is -0.680. The minimum atomic E-state index is -0.416. The first kappa shape index (κ1) is 13.4. The van der Waals surface area contributed by atoms with Crippen molar-refractivity contribution in [3.8, 4) is 0 Å².